The van der Waals surface area contributed by atoms with Gasteiger partial charge in [-0.25, -0.2) is 8.78 Å². The largest absolute Gasteiger partial charge is 0.390 e. The highest BCUT2D eigenvalue weighted by molar-refractivity contribution is 6.30. The van der Waals surface area contributed by atoms with Crippen molar-refractivity contribution in [2.24, 2.45) is 0 Å². The Morgan fingerprint density at radius 2 is 2.11 bits per heavy atom. The lowest BCUT2D eigenvalue weighted by atomic mass is 9.76. The van der Waals surface area contributed by atoms with Crippen LogP contribution in [0.5, 0.6) is 0 Å². The molecule has 0 bridgehead atoms. The Hall–Kier alpha value is -0.710. The SMILES string of the molecule is OCC(F)(F)CNC1CC(c2cccc(Cl)c2)C1. The number of hydrogen-bond acceptors (Lipinski definition) is 2. The van der Waals surface area contributed by atoms with Gasteiger partial charge >= 0.3 is 0 Å². The zero-order chi connectivity index (χ0) is 13.2. The van der Waals surface area contributed by atoms with Gasteiger partial charge in [0.05, 0.1) is 6.54 Å². The molecule has 0 unspecified atom stereocenters. The van der Waals surface area contributed by atoms with Crippen LogP contribution in [0.25, 0.3) is 0 Å². The minimum atomic E-state index is -3.03. The van der Waals surface area contributed by atoms with Crippen LogP contribution >= 0.6 is 11.6 Å². The number of aliphatic hydroxyl groups is 1. The molecule has 0 saturated heterocycles. The Labute approximate surface area is 110 Å². The van der Waals surface area contributed by atoms with Crippen molar-refractivity contribution in [1.82, 2.24) is 5.32 Å². The zero-order valence-electron chi connectivity index (χ0n) is 9.87. The third-order valence-corrected chi connectivity index (χ3v) is 3.57. The Morgan fingerprint density at radius 3 is 2.72 bits per heavy atom. The third kappa shape index (κ3) is 3.40. The van der Waals surface area contributed by atoms with Gasteiger partial charge in [0, 0.05) is 11.1 Å². The van der Waals surface area contributed by atoms with Crippen LogP contribution in [0, 0.1) is 0 Å². The number of alkyl halides is 2. The predicted octanol–water partition coefficient (Wildman–Crippen LogP) is 2.80. The van der Waals surface area contributed by atoms with Crippen LogP contribution in [0.2, 0.25) is 5.02 Å². The van der Waals surface area contributed by atoms with E-state index in [-0.39, 0.29) is 6.04 Å². The van der Waals surface area contributed by atoms with Gasteiger partial charge in [0.1, 0.15) is 6.61 Å². The Morgan fingerprint density at radius 1 is 1.39 bits per heavy atom. The lowest BCUT2D eigenvalue weighted by molar-refractivity contribution is -0.0512. The quantitative estimate of drug-likeness (QED) is 0.866. The van der Waals surface area contributed by atoms with Crippen LogP contribution in [0.1, 0.15) is 24.3 Å². The fraction of sp³-hybridized carbons (Fsp3) is 0.538. The molecule has 0 heterocycles. The third-order valence-electron chi connectivity index (χ3n) is 3.34. The van der Waals surface area contributed by atoms with Crippen LogP contribution in [0.15, 0.2) is 24.3 Å². The summed E-state index contributed by atoms with van der Waals surface area (Å²) in [5.41, 5.74) is 1.16. The molecule has 1 saturated carbocycles. The second-order valence-corrected chi connectivity index (χ2v) is 5.25. The van der Waals surface area contributed by atoms with Crippen LogP contribution in [0.4, 0.5) is 8.78 Å². The molecule has 1 aromatic carbocycles. The van der Waals surface area contributed by atoms with E-state index in [0.717, 1.165) is 18.4 Å². The first-order chi connectivity index (χ1) is 8.50. The summed E-state index contributed by atoms with van der Waals surface area (Å²) in [6.45, 7) is -1.57. The molecule has 2 nitrogen and oxygen atoms in total. The van der Waals surface area contributed by atoms with Gasteiger partial charge in [-0.2, -0.15) is 0 Å². The fourth-order valence-electron chi connectivity index (χ4n) is 2.17. The van der Waals surface area contributed by atoms with Crippen molar-refractivity contribution in [3.05, 3.63) is 34.9 Å². The molecule has 2 N–H and O–H groups in total. The summed E-state index contributed by atoms with van der Waals surface area (Å²) in [6, 6.07) is 7.76. The summed E-state index contributed by atoms with van der Waals surface area (Å²) >= 11 is 5.90. The maximum absolute atomic E-state index is 12.8. The standard InChI is InChI=1S/C13H16ClF2NO/c14-11-3-1-2-9(4-11)10-5-12(6-10)17-7-13(15,16)8-18/h1-4,10,12,17-18H,5-8H2. The molecule has 1 aliphatic carbocycles. The summed E-state index contributed by atoms with van der Waals surface area (Å²) in [6.07, 6.45) is 1.67. The Kier molecular flexibility index (Phi) is 4.20. The van der Waals surface area contributed by atoms with Gasteiger partial charge < -0.3 is 10.4 Å². The average molecular weight is 276 g/mol. The van der Waals surface area contributed by atoms with Gasteiger partial charge in [0.2, 0.25) is 0 Å². The lowest BCUT2D eigenvalue weighted by Gasteiger charge is -2.37. The number of rotatable bonds is 5. The minimum Gasteiger partial charge on any atom is -0.390 e. The average Bonchev–Trinajstić information content (AvgIpc) is 2.27. The highest BCUT2D eigenvalue weighted by Crippen LogP contribution is 2.37. The maximum Gasteiger partial charge on any atom is 0.282 e. The van der Waals surface area contributed by atoms with Gasteiger partial charge in [0.25, 0.3) is 5.92 Å². The van der Waals surface area contributed by atoms with E-state index in [1.807, 2.05) is 24.3 Å². The smallest absolute Gasteiger partial charge is 0.282 e. The van der Waals surface area contributed by atoms with Crippen molar-refractivity contribution in [1.29, 1.82) is 0 Å². The van der Waals surface area contributed by atoms with Gasteiger partial charge in [-0.15, -0.1) is 0 Å². The van der Waals surface area contributed by atoms with E-state index >= 15 is 0 Å². The normalized spacial score (nSPS) is 23.8. The summed E-state index contributed by atoms with van der Waals surface area (Å²) in [4.78, 5) is 0. The fourth-order valence-corrected chi connectivity index (χ4v) is 2.37. The van der Waals surface area contributed by atoms with Gasteiger partial charge in [-0.3, -0.25) is 0 Å². The molecule has 1 aliphatic rings. The number of benzene rings is 1. The van der Waals surface area contributed by atoms with Crippen molar-refractivity contribution in [2.45, 2.75) is 30.7 Å². The first-order valence-corrected chi connectivity index (χ1v) is 6.35. The second-order valence-electron chi connectivity index (χ2n) is 4.82. The molecule has 0 aliphatic heterocycles. The van der Waals surface area contributed by atoms with Crippen molar-refractivity contribution in [3.63, 3.8) is 0 Å². The van der Waals surface area contributed by atoms with Crippen molar-refractivity contribution >= 4 is 11.6 Å². The molecule has 0 aromatic heterocycles. The first-order valence-electron chi connectivity index (χ1n) is 5.98. The van der Waals surface area contributed by atoms with E-state index in [0.29, 0.717) is 10.9 Å². The molecule has 2 rings (SSSR count). The van der Waals surface area contributed by atoms with Crippen LogP contribution < -0.4 is 5.32 Å². The summed E-state index contributed by atoms with van der Waals surface area (Å²) in [7, 11) is 0. The Bertz CT molecular complexity index is 408. The number of halogens is 3. The number of nitrogens with one attached hydrogen (secondary N) is 1. The van der Waals surface area contributed by atoms with Crippen molar-refractivity contribution in [2.75, 3.05) is 13.2 Å². The molecular formula is C13H16ClF2NO. The van der Waals surface area contributed by atoms with E-state index in [4.69, 9.17) is 16.7 Å². The maximum atomic E-state index is 12.8. The highest BCUT2D eigenvalue weighted by atomic mass is 35.5. The van der Waals surface area contributed by atoms with Gasteiger partial charge in [-0.1, -0.05) is 23.7 Å². The van der Waals surface area contributed by atoms with E-state index in [1.165, 1.54) is 0 Å². The monoisotopic (exact) mass is 275 g/mol. The molecule has 1 aromatic rings. The molecule has 5 heteroatoms. The summed E-state index contributed by atoms with van der Waals surface area (Å²) < 4.78 is 25.6. The second kappa shape index (κ2) is 5.51. The topological polar surface area (TPSA) is 32.3 Å². The summed E-state index contributed by atoms with van der Waals surface area (Å²) in [5.74, 6) is -2.63. The molecule has 0 radical (unpaired) electrons. The molecule has 1 fully saturated rings. The van der Waals surface area contributed by atoms with Crippen LogP contribution in [-0.2, 0) is 0 Å². The molecule has 0 amide bonds. The predicted molar refractivity (Wildman–Crippen MR) is 67.3 cm³/mol. The van der Waals surface area contributed by atoms with Crippen LogP contribution in [-0.4, -0.2) is 30.2 Å². The van der Waals surface area contributed by atoms with Crippen molar-refractivity contribution in [3.8, 4) is 0 Å². The highest BCUT2D eigenvalue weighted by Gasteiger charge is 2.34. The van der Waals surface area contributed by atoms with Crippen molar-refractivity contribution < 1.29 is 13.9 Å². The van der Waals surface area contributed by atoms with E-state index in [1.54, 1.807) is 0 Å². The van der Waals surface area contributed by atoms with E-state index < -0.39 is 19.1 Å². The zero-order valence-corrected chi connectivity index (χ0v) is 10.6. The van der Waals surface area contributed by atoms with Gasteiger partial charge in [0.15, 0.2) is 0 Å². The molecular weight excluding hydrogens is 260 g/mol. The van der Waals surface area contributed by atoms with Gasteiger partial charge in [-0.05, 0) is 36.5 Å². The number of hydrogen-bond donors (Lipinski definition) is 2. The molecule has 0 spiro atoms. The molecule has 0 atom stereocenters. The Balaban J connectivity index is 1.77. The number of aliphatic hydroxyl groups excluding tert-OH is 1. The van der Waals surface area contributed by atoms with E-state index in [2.05, 4.69) is 5.32 Å². The lowest BCUT2D eigenvalue weighted by Crippen LogP contribution is -2.46. The first kappa shape index (κ1) is 13.7. The van der Waals surface area contributed by atoms with E-state index in [9.17, 15) is 8.78 Å². The summed E-state index contributed by atoms with van der Waals surface area (Å²) in [5, 5.41) is 11.9. The van der Waals surface area contributed by atoms with Crippen LogP contribution in [0.3, 0.4) is 0 Å². The minimum absolute atomic E-state index is 0.103. The molecule has 18 heavy (non-hydrogen) atoms. The molecule has 100 valence electrons.